The number of nitrogens with two attached hydrogens (primary N) is 1. The van der Waals surface area contributed by atoms with Crippen LogP contribution in [0.4, 0.5) is 0 Å². The molecule has 0 aromatic carbocycles. The van der Waals surface area contributed by atoms with E-state index in [-0.39, 0.29) is 11.9 Å². The molecule has 0 bridgehead atoms. The van der Waals surface area contributed by atoms with Gasteiger partial charge in [-0.15, -0.1) is 0 Å². The molecule has 18 heavy (non-hydrogen) atoms. The summed E-state index contributed by atoms with van der Waals surface area (Å²) in [6.45, 7) is 6.45. The lowest BCUT2D eigenvalue weighted by molar-refractivity contribution is -0.133. The SMILES string of the molecule is CC(N)CC(=O)N1CCN(Cc2ccsc2)CC1. The van der Waals surface area contributed by atoms with Crippen LogP contribution in [0.25, 0.3) is 0 Å². The van der Waals surface area contributed by atoms with Crippen LogP contribution in [0.15, 0.2) is 16.8 Å². The van der Waals surface area contributed by atoms with Crippen molar-refractivity contribution in [3.63, 3.8) is 0 Å². The minimum absolute atomic E-state index is 0.0404. The van der Waals surface area contributed by atoms with Crippen molar-refractivity contribution in [2.45, 2.75) is 25.9 Å². The Bertz CT molecular complexity index is 370. The van der Waals surface area contributed by atoms with E-state index in [2.05, 4.69) is 21.7 Å². The molecule has 0 spiro atoms. The molecule has 1 aromatic heterocycles. The Hall–Kier alpha value is -0.910. The lowest BCUT2D eigenvalue weighted by atomic mass is 10.2. The third kappa shape index (κ3) is 3.80. The van der Waals surface area contributed by atoms with Crippen LogP contribution in [0.1, 0.15) is 18.9 Å². The Kier molecular flexibility index (Phi) is 4.74. The molecule has 1 fully saturated rings. The number of amides is 1. The summed E-state index contributed by atoms with van der Waals surface area (Å²) in [4.78, 5) is 16.2. The molecule has 100 valence electrons. The second-order valence-electron chi connectivity index (χ2n) is 4.97. The van der Waals surface area contributed by atoms with Crippen LogP contribution in [-0.2, 0) is 11.3 Å². The van der Waals surface area contributed by atoms with Crippen molar-refractivity contribution in [1.82, 2.24) is 9.80 Å². The fraction of sp³-hybridized carbons (Fsp3) is 0.615. The summed E-state index contributed by atoms with van der Waals surface area (Å²) < 4.78 is 0. The smallest absolute Gasteiger partial charge is 0.224 e. The van der Waals surface area contributed by atoms with Crippen molar-refractivity contribution in [1.29, 1.82) is 0 Å². The quantitative estimate of drug-likeness (QED) is 0.889. The molecule has 4 nitrogen and oxygen atoms in total. The highest BCUT2D eigenvalue weighted by Gasteiger charge is 2.21. The standard InChI is InChI=1S/C13H21N3OS/c1-11(14)8-13(17)16-5-3-15(4-6-16)9-12-2-7-18-10-12/h2,7,10-11H,3-6,8-9,14H2,1H3. The first-order valence-corrected chi connectivity index (χ1v) is 7.36. The van der Waals surface area contributed by atoms with Gasteiger partial charge in [-0.1, -0.05) is 0 Å². The largest absolute Gasteiger partial charge is 0.340 e. The van der Waals surface area contributed by atoms with Crippen LogP contribution in [0.3, 0.4) is 0 Å². The molecule has 1 aliphatic rings. The van der Waals surface area contributed by atoms with Crippen molar-refractivity contribution < 1.29 is 4.79 Å². The summed E-state index contributed by atoms with van der Waals surface area (Å²) in [6, 6.07) is 2.12. The zero-order valence-electron chi connectivity index (χ0n) is 10.8. The van der Waals surface area contributed by atoms with Crippen molar-refractivity contribution in [2.24, 2.45) is 5.73 Å². The van der Waals surface area contributed by atoms with Crippen LogP contribution in [-0.4, -0.2) is 47.9 Å². The second-order valence-corrected chi connectivity index (χ2v) is 5.75. The molecule has 0 saturated carbocycles. The summed E-state index contributed by atoms with van der Waals surface area (Å²) in [5, 5.41) is 4.30. The van der Waals surface area contributed by atoms with Gasteiger partial charge in [0.25, 0.3) is 0 Å². The minimum atomic E-state index is -0.0404. The Balaban J connectivity index is 1.76. The predicted molar refractivity (Wildman–Crippen MR) is 74.4 cm³/mol. The Morgan fingerprint density at radius 2 is 2.17 bits per heavy atom. The van der Waals surface area contributed by atoms with E-state index in [1.165, 1.54) is 5.56 Å². The summed E-state index contributed by atoms with van der Waals surface area (Å²) in [7, 11) is 0. The van der Waals surface area contributed by atoms with Gasteiger partial charge in [-0.05, 0) is 29.3 Å². The van der Waals surface area contributed by atoms with E-state index in [0.29, 0.717) is 6.42 Å². The van der Waals surface area contributed by atoms with Gasteiger partial charge in [0.05, 0.1) is 0 Å². The van der Waals surface area contributed by atoms with Crippen LogP contribution < -0.4 is 5.73 Å². The van der Waals surface area contributed by atoms with Crippen LogP contribution in [0.5, 0.6) is 0 Å². The third-order valence-electron chi connectivity index (χ3n) is 3.21. The Morgan fingerprint density at radius 3 is 2.72 bits per heavy atom. The van der Waals surface area contributed by atoms with Crippen molar-refractivity contribution >= 4 is 17.2 Å². The zero-order valence-corrected chi connectivity index (χ0v) is 11.7. The molecule has 2 N–H and O–H groups in total. The summed E-state index contributed by atoms with van der Waals surface area (Å²) >= 11 is 1.74. The molecule has 1 atom stereocenters. The summed E-state index contributed by atoms with van der Waals surface area (Å²) in [6.07, 6.45) is 0.463. The molecule has 1 aromatic rings. The monoisotopic (exact) mass is 267 g/mol. The van der Waals surface area contributed by atoms with E-state index < -0.39 is 0 Å². The number of carbonyl (C=O) groups is 1. The van der Waals surface area contributed by atoms with Gasteiger partial charge in [0.2, 0.25) is 5.91 Å². The van der Waals surface area contributed by atoms with Gasteiger partial charge < -0.3 is 10.6 Å². The van der Waals surface area contributed by atoms with Gasteiger partial charge in [-0.2, -0.15) is 11.3 Å². The molecule has 5 heteroatoms. The highest BCUT2D eigenvalue weighted by atomic mass is 32.1. The lowest BCUT2D eigenvalue weighted by Crippen LogP contribution is -2.49. The third-order valence-corrected chi connectivity index (χ3v) is 3.94. The number of hydrogen-bond donors (Lipinski definition) is 1. The average molecular weight is 267 g/mol. The van der Waals surface area contributed by atoms with Gasteiger partial charge in [0, 0.05) is 45.2 Å². The highest BCUT2D eigenvalue weighted by Crippen LogP contribution is 2.12. The number of rotatable bonds is 4. The van der Waals surface area contributed by atoms with Gasteiger partial charge in [0.15, 0.2) is 0 Å². The Morgan fingerprint density at radius 1 is 1.44 bits per heavy atom. The van der Waals surface area contributed by atoms with Gasteiger partial charge >= 0.3 is 0 Å². The lowest BCUT2D eigenvalue weighted by Gasteiger charge is -2.35. The highest BCUT2D eigenvalue weighted by molar-refractivity contribution is 7.07. The average Bonchev–Trinajstić information content (AvgIpc) is 2.82. The molecule has 1 saturated heterocycles. The van der Waals surface area contributed by atoms with Gasteiger partial charge in [-0.25, -0.2) is 0 Å². The fourth-order valence-corrected chi connectivity index (χ4v) is 2.86. The molecular formula is C13H21N3OS. The van der Waals surface area contributed by atoms with Crippen molar-refractivity contribution in [3.05, 3.63) is 22.4 Å². The molecule has 1 amide bonds. The molecule has 0 aliphatic carbocycles. The molecule has 2 rings (SSSR count). The fourth-order valence-electron chi connectivity index (χ4n) is 2.20. The molecule has 0 radical (unpaired) electrons. The molecular weight excluding hydrogens is 246 g/mol. The molecule has 1 aliphatic heterocycles. The first-order chi connectivity index (χ1) is 8.65. The van der Waals surface area contributed by atoms with E-state index in [4.69, 9.17) is 5.73 Å². The number of piperazine rings is 1. The number of nitrogens with zero attached hydrogens (tertiary/aromatic N) is 2. The zero-order chi connectivity index (χ0) is 13.0. The van der Waals surface area contributed by atoms with Crippen LogP contribution in [0.2, 0.25) is 0 Å². The first-order valence-electron chi connectivity index (χ1n) is 6.42. The molecule has 1 unspecified atom stereocenters. The maximum atomic E-state index is 11.9. The van der Waals surface area contributed by atoms with Gasteiger partial charge in [0.1, 0.15) is 0 Å². The summed E-state index contributed by atoms with van der Waals surface area (Å²) in [5.41, 5.74) is 7.03. The van der Waals surface area contributed by atoms with E-state index >= 15 is 0 Å². The normalized spacial score (nSPS) is 18.9. The maximum absolute atomic E-state index is 11.9. The first kappa shape index (κ1) is 13.5. The Labute approximate surface area is 112 Å². The summed E-state index contributed by atoms with van der Waals surface area (Å²) in [5.74, 6) is 0.195. The maximum Gasteiger partial charge on any atom is 0.224 e. The van der Waals surface area contributed by atoms with Crippen molar-refractivity contribution in [2.75, 3.05) is 26.2 Å². The van der Waals surface area contributed by atoms with E-state index in [0.717, 1.165) is 32.7 Å². The van der Waals surface area contributed by atoms with E-state index in [1.807, 2.05) is 11.8 Å². The predicted octanol–water partition coefficient (Wildman–Crippen LogP) is 1.13. The van der Waals surface area contributed by atoms with Crippen molar-refractivity contribution in [3.8, 4) is 0 Å². The number of carbonyl (C=O) groups excluding carboxylic acids is 1. The van der Waals surface area contributed by atoms with E-state index in [1.54, 1.807) is 11.3 Å². The topological polar surface area (TPSA) is 49.6 Å². The number of hydrogen-bond acceptors (Lipinski definition) is 4. The second kappa shape index (κ2) is 6.31. The van der Waals surface area contributed by atoms with Crippen LogP contribution in [0, 0.1) is 0 Å². The minimum Gasteiger partial charge on any atom is -0.340 e. The van der Waals surface area contributed by atoms with E-state index in [9.17, 15) is 4.79 Å². The molecule has 2 heterocycles. The van der Waals surface area contributed by atoms with Crippen LogP contribution >= 0.6 is 11.3 Å². The number of thiophene rings is 1. The van der Waals surface area contributed by atoms with Gasteiger partial charge in [-0.3, -0.25) is 9.69 Å².